The molecule has 1 rings (SSSR count). The van der Waals surface area contributed by atoms with Gasteiger partial charge in [0.1, 0.15) is 0 Å². The minimum Gasteiger partial charge on any atom is -0.388 e. The fourth-order valence-electron chi connectivity index (χ4n) is 1.00. The fraction of sp³-hybridized carbons (Fsp3) is 0.111. The second kappa shape index (κ2) is 4.20. The molecule has 0 aliphatic heterocycles. The first-order valence-electron chi connectivity index (χ1n) is 3.73. The fourth-order valence-corrected chi connectivity index (χ4v) is 1.58. The summed E-state index contributed by atoms with van der Waals surface area (Å²) >= 11 is -1.96. The van der Waals surface area contributed by atoms with E-state index in [9.17, 15) is 4.21 Å². The molecule has 0 heterocycles. The Bertz CT molecular complexity index is 349. The van der Waals surface area contributed by atoms with Crippen molar-refractivity contribution in [3.8, 4) is 0 Å². The molecule has 1 unspecified atom stereocenters. The number of benzene rings is 1. The predicted molar refractivity (Wildman–Crippen MR) is 53.6 cm³/mol. The number of hydrogen-bond donors (Lipinski definition) is 2. The molecule has 4 heteroatoms. The van der Waals surface area contributed by atoms with Crippen molar-refractivity contribution in [2.45, 2.75) is 4.90 Å². The van der Waals surface area contributed by atoms with Crippen LogP contribution < -0.4 is 5.32 Å². The average molecular weight is 197 g/mol. The number of hydrogen-bond acceptors (Lipinski definition) is 2. The van der Waals surface area contributed by atoms with Crippen LogP contribution >= 0.6 is 0 Å². The quantitative estimate of drug-likeness (QED) is 0.721. The van der Waals surface area contributed by atoms with Crippen molar-refractivity contribution in [1.29, 1.82) is 0 Å². The molecule has 0 saturated carbocycles. The molecule has 2 N–H and O–H groups in total. The van der Waals surface area contributed by atoms with Crippen LogP contribution in [0.25, 0.3) is 5.70 Å². The minimum atomic E-state index is -1.96. The Kier molecular flexibility index (Phi) is 3.22. The first-order chi connectivity index (χ1) is 6.16. The Balaban J connectivity index is 3.19. The second-order valence-corrected chi connectivity index (χ2v) is 3.41. The zero-order valence-electron chi connectivity index (χ0n) is 7.28. The van der Waals surface area contributed by atoms with Gasteiger partial charge in [0, 0.05) is 18.3 Å². The Labute approximate surface area is 79.8 Å². The van der Waals surface area contributed by atoms with Crippen LogP contribution in [0.5, 0.6) is 0 Å². The largest absolute Gasteiger partial charge is 0.388 e. The Morgan fingerprint density at radius 3 is 2.69 bits per heavy atom. The minimum absolute atomic E-state index is 0.377. The van der Waals surface area contributed by atoms with E-state index in [0.717, 1.165) is 0 Å². The Hall–Kier alpha value is -1.13. The van der Waals surface area contributed by atoms with E-state index in [0.29, 0.717) is 16.2 Å². The topological polar surface area (TPSA) is 49.3 Å². The van der Waals surface area contributed by atoms with Crippen molar-refractivity contribution in [3.05, 3.63) is 36.4 Å². The molecule has 0 spiro atoms. The lowest BCUT2D eigenvalue weighted by Crippen LogP contribution is -2.06. The van der Waals surface area contributed by atoms with Crippen molar-refractivity contribution < 1.29 is 8.76 Å². The maximum absolute atomic E-state index is 10.9. The van der Waals surface area contributed by atoms with Crippen LogP contribution in [0.15, 0.2) is 35.7 Å². The second-order valence-electron chi connectivity index (χ2n) is 2.47. The molecule has 0 amide bonds. The molecular formula is C9H11NO2S. The molecule has 1 aromatic carbocycles. The molecule has 1 atom stereocenters. The standard InChI is InChI=1S/C9H11NO2S/c1-7(10-2)8-5-3-4-6-9(8)13(11)12/h3-6,10H,1H2,2H3,(H,11,12). The zero-order valence-corrected chi connectivity index (χ0v) is 8.10. The summed E-state index contributed by atoms with van der Waals surface area (Å²) in [5.74, 6) is 0. The molecule has 13 heavy (non-hydrogen) atoms. The van der Waals surface area contributed by atoms with Gasteiger partial charge in [0.15, 0.2) is 11.1 Å². The maximum Gasteiger partial charge on any atom is 0.187 e. The summed E-state index contributed by atoms with van der Waals surface area (Å²) < 4.78 is 19.8. The van der Waals surface area contributed by atoms with Crippen molar-refractivity contribution in [2.75, 3.05) is 7.05 Å². The van der Waals surface area contributed by atoms with E-state index < -0.39 is 11.1 Å². The van der Waals surface area contributed by atoms with Crippen LogP contribution in [0.2, 0.25) is 0 Å². The zero-order chi connectivity index (χ0) is 9.84. The molecule has 0 radical (unpaired) electrons. The summed E-state index contributed by atoms with van der Waals surface area (Å²) in [6, 6.07) is 6.88. The van der Waals surface area contributed by atoms with Crippen LogP contribution in [0.4, 0.5) is 0 Å². The van der Waals surface area contributed by atoms with Crippen LogP contribution in [-0.2, 0) is 11.1 Å². The van der Waals surface area contributed by atoms with Gasteiger partial charge >= 0.3 is 0 Å². The average Bonchev–Trinajstić information content (AvgIpc) is 2.16. The van der Waals surface area contributed by atoms with Crippen LogP contribution in [0.3, 0.4) is 0 Å². The molecule has 0 fully saturated rings. The lowest BCUT2D eigenvalue weighted by molar-refractivity contribution is 0.564. The maximum atomic E-state index is 10.9. The summed E-state index contributed by atoms with van der Waals surface area (Å²) in [5, 5.41) is 2.84. The summed E-state index contributed by atoms with van der Waals surface area (Å²) in [4.78, 5) is 0.377. The van der Waals surface area contributed by atoms with E-state index in [1.165, 1.54) is 0 Å². The van der Waals surface area contributed by atoms with Gasteiger partial charge in [-0.05, 0) is 6.07 Å². The van der Waals surface area contributed by atoms with Gasteiger partial charge < -0.3 is 9.87 Å². The lowest BCUT2D eigenvalue weighted by atomic mass is 10.2. The SMILES string of the molecule is C=C(NC)c1ccccc1S(=O)O. The van der Waals surface area contributed by atoms with Crippen LogP contribution in [-0.4, -0.2) is 15.8 Å². The monoisotopic (exact) mass is 197 g/mol. The predicted octanol–water partition coefficient (Wildman–Crippen LogP) is 1.46. The van der Waals surface area contributed by atoms with Gasteiger partial charge in [-0.2, -0.15) is 0 Å². The van der Waals surface area contributed by atoms with Crippen molar-refractivity contribution in [3.63, 3.8) is 0 Å². The van der Waals surface area contributed by atoms with Gasteiger partial charge in [-0.15, -0.1) is 0 Å². The first-order valence-corrected chi connectivity index (χ1v) is 4.84. The highest BCUT2D eigenvalue weighted by Gasteiger charge is 2.07. The van der Waals surface area contributed by atoms with E-state index >= 15 is 0 Å². The van der Waals surface area contributed by atoms with E-state index in [1.54, 1.807) is 31.3 Å². The highest BCUT2D eigenvalue weighted by Crippen LogP contribution is 2.17. The molecule has 0 saturated heterocycles. The summed E-state index contributed by atoms with van der Waals surface area (Å²) in [5.41, 5.74) is 1.31. The molecule has 70 valence electrons. The van der Waals surface area contributed by atoms with Gasteiger partial charge in [-0.25, -0.2) is 4.21 Å². The molecule has 0 aliphatic rings. The summed E-state index contributed by atoms with van der Waals surface area (Å²) in [7, 11) is 1.72. The normalized spacial score (nSPS) is 12.2. The van der Waals surface area contributed by atoms with Crippen LogP contribution in [0, 0.1) is 0 Å². The van der Waals surface area contributed by atoms with Crippen molar-refractivity contribution >= 4 is 16.8 Å². The van der Waals surface area contributed by atoms with Gasteiger partial charge in [-0.1, -0.05) is 24.8 Å². The molecule has 0 aromatic heterocycles. The molecule has 1 aromatic rings. The molecule has 0 aliphatic carbocycles. The van der Waals surface area contributed by atoms with Gasteiger partial charge in [0.2, 0.25) is 0 Å². The van der Waals surface area contributed by atoms with E-state index in [-0.39, 0.29) is 0 Å². The molecule has 3 nitrogen and oxygen atoms in total. The summed E-state index contributed by atoms with van der Waals surface area (Å²) in [6.45, 7) is 3.73. The third-order valence-corrected chi connectivity index (χ3v) is 2.43. The summed E-state index contributed by atoms with van der Waals surface area (Å²) in [6.07, 6.45) is 0. The van der Waals surface area contributed by atoms with E-state index in [2.05, 4.69) is 11.9 Å². The molecular weight excluding hydrogens is 186 g/mol. The smallest absolute Gasteiger partial charge is 0.187 e. The lowest BCUT2D eigenvalue weighted by Gasteiger charge is -2.07. The third-order valence-electron chi connectivity index (χ3n) is 1.70. The van der Waals surface area contributed by atoms with Gasteiger partial charge in [0.25, 0.3) is 0 Å². The van der Waals surface area contributed by atoms with Gasteiger partial charge in [-0.3, -0.25) is 0 Å². The highest BCUT2D eigenvalue weighted by atomic mass is 32.2. The highest BCUT2D eigenvalue weighted by molar-refractivity contribution is 7.79. The molecule has 0 bridgehead atoms. The van der Waals surface area contributed by atoms with Gasteiger partial charge in [0.05, 0.1) is 4.90 Å². The van der Waals surface area contributed by atoms with Crippen molar-refractivity contribution in [2.24, 2.45) is 0 Å². The van der Waals surface area contributed by atoms with Crippen LogP contribution in [0.1, 0.15) is 5.56 Å². The third kappa shape index (κ3) is 2.17. The first kappa shape index (κ1) is 9.95. The number of nitrogens with one attached hydrogen (secondary N) is 1. The Morgan fingerprint density at radius 2 is 2.15 bits per heavy atom. The Morgan fingerprint density at radius 1 is 1.54 bits per heavy atom. The van der Waals surface area contributed by atoms with E-state index in [4.69, 9.17) is 4.55 Å². The van der Waals surface area contributed by atoms with E-state index in [1.807, 2.05) is 0 Å². The number of rotatable bonds is 3. The van der Waals surface area contributed by atoms with Crippen molar-refractivity contribution in [1.82, 2.24) is 5.32 Å².